The molecule has 0 unspecified atom stereocenters. The maximum Gasteiger partial charge on any atom is 0.251 e. The molecule has 120 valence electrons. The van der Waals surface area contributed by atoms with Crippen molar-refractivity contribution in [1.29, 1.82) is 0 Å². The van der Waals surface area contributed by atoms with Gasteiger partial charge in [0.15, 0.2) is 12.0 Å². The van der Waals surface area contributed by atoms with Crippen LogP contribution in [0.2, 0.25) is 0 Å². The zero-order chi connectivity index (χ0) is 16.2. The molecule has 0 saturated heterocycles. The molecule has 1 heterocycles. The smallest absolute Gasteiger partial charge is 0.251 e. The lowest BCUT2D eigenvalue weighted by Gasteiger charge is -2.23. The molecule has 23 heavy (non-hydrogen) atoms. The molecule has 2 aromatic rings. The molecule has 1 aromatic heterocycles. The van der Waals surface area contributed by atoms with Gasteiger partial charge in [0.2, 0.25) is 0 Å². The summed E-state index contributed by atoms with van der Waals surface area (Å²) in [5.74, 6) is 0.867. The summed E-state index contributed by atoms with van der Waals surface area (Å²) in [6.45, 7) is 1.91. The van der Waals surface area contributed by atoms with Crippen molar-refractivity contribution in [3.63, 3.8) is 0 Å². The van der Waals surface area contributed by atoms with Gasteiger partial charge in [0.05, 0.1) is 0 Å². The molecule has 1 saturated carbocycles. The van der Waals surface area contributed by atoms with Crippen LogP contribution < -0.4 is 5.32 Å². The molecule has 3 rings (SSSR count). The standard InChI is InChI=1S/C19H21NO3/c1-13-16(18-11-10-15(12-21)23-18)8-5-9-17(13)19(22)20-14-6-3-2-4-7-14/h5,8-12,14H,2-4,6-7H2,1H3,(H,20,22). The highest BCUT2D eigenvalue weighted by Crippen LogP contribution is 2.27. The molecular weight excluding hydrogens is 290 g/mol. The van der Waals surface area contributed by atoms with Crippen molar-refractivity contribution >= 4 is 12.2 Å². The molecule has 1 aliphatic carbocycles. The zero-order valence-corrected chi connectivity index (χ0v) is 13.3. The fraction of sp³-hybridized carbons (Fsp3) is 0.368. The summed E-state index contributed by atoms with van der Waals surface area (Å²) < 4.78 is 5.48. The predicted molar refractivity (Wildman–Crippen MR) is 88.6 cm³/mol. The predicted octanol–water partition coefficient (Wildman–Crippen LogP) is 4.13. The highest BCUT2D eigenvalue weighted by atomic mass is 16.3. The summed E-state index contributed by atoms with van der Waals surface area (Å²) in [4.78, 5) is 23.4. The third kappa shape index (κ3) is 3.36. The Balaban J connectivity index is 1.83. The van der Waals surface area contributed by atoms with Crippen LogP contribution in [0.1, 0.15) is 58.6 Å². The third-order valence-corrected chi connectivity index (χ3v) is 4.53. The summed E-state index contributed by atoms with van der Waals surface area (Å²) in [5.41, 5.74) is 2.37. The maximum absolute atomic E-state index is 12.6. The first-order valence-electron chi connectivity index (χ1n) is 8.15. The molecule has 1 fully saturated rings. The second-order valence-electron chi connectivity index (χ2n) is 6.11. The molecule has 0 spiro atoms. The van der Waals surface area contributed by atoms with Crippen LogP contribution in [0.25, 0.3) is 11.3 Å². The number of amides is 1. The van der Waals surface area contributed by atoms with E-state index in [1.54, 1.807) is 12.1 Å². The van der Waals surface area contributed by atoms with Crippen LogP contribution in [-0.4, -0.2) is 18.2 Å². The quantitative estimate of drug-likeness (QED) is 0.864. The van der Waals surface area contributed by atoms with Crippen LogP contribution in [0.3, 0.4) is 0 Å². The van der Waals surface area contributed by atoms with Crippen LogP contribution in [0.5, 0.6) is 0 Å². The maximum atomic E-state index is 12.6. The number of carbonyl (C=O) groups is 2. The van der Waals surface area contributed by atoms with Crippen molar-refractivity contribution in [3.05, 3.63) is 47.2 Å². The van der Waals surface area contributed by atoms with E-state index >= 15 is 0 Å². The molecule has 0 radical (unpaired) electrons. The topological polar surface area (TPSA) is 59.3 Å². The van der Waals surface area contributed by atoms with E-state index in [9.17, 15) is 9.59 Å². The number of aldehydes is 1. The van der Waals surface area contributed by atoms with E-state index in [4.69, 9.17) is 4.42 Å². The Morgan fingerprint density at radius 1 is 1.17 bits per heavy atom. The fourth-order valence-electron chi connectivity index (χ4n) is 3.22. The van der Waals surface area contributed by atoms with E-state index in [1.807, 2.05) is 25.1 Å². The van der Waals surface area contributed by atoms with Crippen LogP contribution >= 0.6 is 0 Å². The normalized spacial score (nSPS) is 15.3. The lowest BCUT2D eigenvalue weighted by Crippen LogP contribution is -2.36. The van der Waals surface area contributed by atoms with E-state index < -0.39 is 0 Å². The molecule has 0 atom stereocenters. The van der Waals surface area contributed by atoms with Gasteiger partial charge in [-0.1, -0.05) is 31.4 Å². The number of furan rings is 1. The van der Waals surface area contributed by atoms with Crippen LogP contribution in [-0.2, 0) is 0 Å². The van der Waals surface area contributed by atoms with Crippen LogP contribution in [0.4, 0.5) is 0 Å². The molecule has 1 amide bonds. The van der Waals surface area contributed by atoms with Gasteiger partial charge in [0.1, 0.15) is 5.76 Å². The van der Waals surface area contributed by atoms with Gasteiger partial charge < -0.3 is 9.73 Å². The zero-order valence-electron chi connectivity index (χ0n) is 13.3. The van der Waals surface area contributed by atoms with Gasteiger partial charge in [0, 0.05) is 17.2 Å². The summed E-state index contributed by atoms with van der Waals surface area (Å²) in [7, 11) is 0. The van der Waals surface area contributed by atoms with Crippen molar-refractivity contribution in [3.8, 4) is 11.3 Å². The summed E-state index contributed by atoms with van der Waals surface area (Å²) in [6.07, 6.45) is 6.43. The number of hydrogen-bond acceptors (Lipinski definition) is 3. The first-order chi connectivity index (χ1) is 11.2. The Hall–Kier alpha value is -2.36. The Kier molecular flexibility index (Phi) is 4.60. The Morgan fingerprint density at radius 3 is 2.65 bits per heavy atom. The Labute approximate surface area is 135 Å². The van der Waals surface area contributed by atoms with Crippen molar-refractivity contribution in [1.82, 2.24) is 5.32 Å². The average molecular weight is 311 g/mol. The molecule has 1 aliphatic rings. The van der Waals surface area contributed by atoms with Crippen molar-refractivity contribution < 1.29 is 14.0 Å². The first kappa shape index (κ1) is 15.5. The lowest BCUT2D eigenvalue weighted by molar-refractivity contribution is 0.0927. The van der Waals surface area contributed by atoms with E-state index in [0.29, 0.717) is 17.6 Å². The summed E-state index contributed by atoms with van der Waals surface area (Å²) in [5, 5.41) is 3.15. The third-order valence-electron chi connectivity index (χ3n) is 4.53. The number of carbonyl (C=O) groups excluding carboxylic acids is 2. The van der Waals surface area contributed by atoms with Crippen molar-refractivity contribution in [2.45, 2.75) is 45.1 Å². The SMILES string of the molecule is Cc1c(C(=O)NC2CCCCC2)cccc1-c1ccc(C=O)o1. The molecule has 0 aliphatic heterocycles. The molecule has 1 N–H and O–H groups in total. The van der Waals surface area contributed by atoms with Crippen LogP contribution in [0.15, 0.2) is 34.7 Å². The molecule has 4 nitrogen and oxygen atoms in total. The minimum atomic E-state index is -0.0292. The van der Waals surface area contributed by atoms with Crippen LogP contribution in [0, 0.1) is 6.92 Å². The summed E-state index contributed by atoms with van der Waals surface area (Å²) >= 11 is 0. The monoisotopic (exact) mass is 311 g/mol. The second kappa shape index (κ2) is 6.82. The molecule has 1 aromatic carbocycles. The van der Waals surface area contributed by atoms with Gasteiger partial charge in [-0.15, -0.1) is 0 Å². The van der Waals surface area contributed by atoms with Gasteiger partial charge in [-0.2, -0.15) is 0 Å². The molecule has 0 bridgehead atoms. The number of nitrogens with one attached hydrogen (secondary N) is 1. The minimum Gasteiger partial charge on any atom is -0.453 e. The van der Waals surface area contributed by atoms with E-state index in [1.165, 1.54) is 19.3 Å². The largest absolute Gasteiger partial charge is 0.453 e. The van der Waals surface area contributed by atoms with Gasteiger partial charge >= 0.3 is 0 Å². The lowest BCUT2D eigenvalue weighted by atomic mass is 9.94. The number of rotatable bonds is 4. The fourth-order valence-corrected chi connectivity index (χ4v) is 3.22. The minimum absolute atomic E-state index is 0.0292. The highest BCUT2D eigenvalue weighted by molar-refractivity contribution is 5.97. The Morgan fingerprint density at radius 2 is 1.96 bits per heavy atom. The van der Waals surface area contributed by atoms with E-state index in [-0.39, 0.29) is 17.7 Å². The van der Waals surface area contributed by atoms with Gasteiger partial charge in [-0.25, -0.2) is 0 Å². The average Bonchev–Trinajstić information content (AvgIpc) is 3.05. The van der Waals surface area contributed by atoms with Gasteiger partial charge in [0.25, 0.3) is 5.91 Å². The molecule has 4 heteroatoms. The Bertz CT molecular complexity index is 711. The number of benzene rings is 1. The highest BCUT2D eigenvalue weighted by Gasteiger charge is 2.19. The van der Waals surface area contributed by atoms with Gasteiger partial charge in [-0.05, 0) is 43.5 Å². The molecular formula is C19H21NO3. The second-order valence-corrected chi connectivity index (χ2v) is 6.11. The van der Waals surface area contributed by atoms with E-state index in [2.05, 4.69) is 5.32 Å². The first-order valence-corrected chi connectivity index (χ1v) is 8.15. The van der Waals surface area contributed by atoms with Gasteiger partial charge in [-0.3, -0.25) is 9.59 Å². The van der Waals surface area contributed by atoms with Crippen molar-refractivity contribution in [2.24, 2.45) is 0 Å². The van der Waals surface area contributed by atoms with Crippen molar-refractivity contribution in [2.75, 3.05) is 0 Å². The van der Waals surface area contributed by atoms with E-state index in [0.717, 1.165) is 24.0 Å². The summed E-state index contributed by atoms with van der Waals surface area (Å²) in [6, 6.07) is 9.26. The number of hydrogen-bond donors (Lipinski definition) is 1.